The summed E-state index contributed by atoms with van der Waals surface area (Å²) in [7, 11) is -1.29. The van der Waals surface area contributed by atoms with Gasteiger partial charge < -0.3 is 9.97 Å². The molecule has 0 saturated heterocycles. The number of thiophene rings is 1. The van der Waals surface area contributed by atoms with Gasteiger partial charge in [-0.05, 0) is 46.6 Å². The third kappa shape index (κ3) is 6.14. The molecule has 0 amide bonds. The topological polar surface area (TPSA) is 25.8 Å². The van der Waals surface area contributed by atoms with Crippen LogP contribution in [0.1, 0.15) is 5.56 Å². The van der Waals surface area contributed by atoms with Gasteiger partial charge in [0.25, 0.3) is 0 Å². The van der Waals surface area contributed by atoms with Gasteiger partial charge in [-0.2, -0.15) is 11.3 Å². The first-order valence-corrected chi connectivity index (χ1v) is 16.4. The van der Waals surface area contributed by atoms with Crippen LogP contribution in [0.15, 0.2) is 97.3 Å². The molecule has 0 saturated carbocycles. The molecule has 0 N–H and O–H groups in total. The molecule has 37 heavy (non-hydrogen) atoms. The molecule has 6 aromatic rings. The van der Waals surface area contributed by atoms with Crippen LogP contribution in [0.5, 0.6) is 0 Å². The van der Waals surface area contributed by atoms with Crippen molar-refractivity contribution >= 4 is 44.8 Å². The molecule has 1 radical (unpaired) electrons. The van der Waals surface area contributed by atoms with Crippen LogP contribution in [0.2, 0.25) is 19.6 Å². The van der Waals surface area contributed by atoms with Gasteiger partial charge in [-0.3, -0.25) is 0 Å². The third-order valence-corrected chi connectivity index (χ3v) is 9.35. The Labute approximate surface area is 237 Å². The van der Waals surface area contributed by atoms with Crippen molar-refractivity contribution in [1.82, 2.24) is 9.97 Å². The number of rotatable bonds is 3. The summed E-state index contributed by atoms with van der Waals surface area (Å²) in [5, 5.41) is 4.17. The Balaban J connectivity index is 0.000000195. The minimum absolute atomic E-state index is 0. The van der Waals surface area contributed by atoms with Crippen molar-refractivity contribution in [1.29, 1.82) is 0 Å². The van der Waals surface area contributed by atoms with Crippen LogP contribution in [0.4, 0.5) is 0 Å². The average Bonchev–Trinajstić information content (AvgIpc) is 3.28. The van der Waals surface area contributed by atoms with Crippen LogP contribution in [0.25, 0.3) is 42.7 Å². The molecule has 6 rings (SSSR count). The Bertz CT molecular complexity index is 1620. The van der Waals surface area contributed by atoms with Gasteiger partial charge in [-0.15, -0.1) is 59.7 Å². The van der Waals surface area contributed by atoms with Crippen LogP contribution in [0, 0.1) is 19.1 Å². The molecule has 3 aromatic carbocycles. The molecule has 0 spiro atoms. The predicted octanol–water partition coefficient (Wildman–Crippen LogP) is 8.32. The monoisotopic (exact) mass is 693 g/mol. The fourth-order valence-corrected chi connectivity index (χ4v) is 6.66. The van der Waals surface area contributed by atoms with E-state index in [9.17, 15) is 0 Å². The van der Waals surface area contributed by atoms with Crippen LogP contribution in [-0.2, 0) is 20.1 Å². The fourth-order valence-electron chi connectivity index (χ4n) is 4.15. The van der Waals surface area contributed by atoms with E-state index in [1.54, 1.807) is 0 Å². The zero-order valence-electron chi connectivity index (χ0n) is 21.4. The normalized spacial score (nSPS) is 11.0. The number of nitrogens with zero attached hydrogens (tertiary/aromatic N) is 2. The summed E-state index contributed by atoms with van der Waals surface area (Å²) in [6.07, 6.45) is 3.67. The van der Waals surface area contributed by atoms with Crippen molar-refractivity contribution in [3.8, 4) is 22.5 Å². The molecule has 0 unspecified atom stereocenters. The molecular formula is C32H28IrN2SSi-2. The number of fused-ring (bicyclic) bond motifs is 3. The molecule has 0 aliphatic carbocycles. The predicted molar refractivity (Wildman–Crippen MR) is 158 cm³/mol. The van der Waals surface area contributed by atoms with E-state index in [-0.39, 0.29) is 20.1 Å². The Kier molecular flexibility index (Phi) is 8.51. The summed E-state index contributed by atoms with van der Waals surface area (Å²) in [5.41, 5.74) is 5.36. The van der Waals surface area contributed by atoms with E-state index < -0.39 is 8.07 Å². The zero-order valence-corrected chi connectivity index (χ0v) is 25.6. The number of aryl methyl sites for hydroxylation is 1. The third-order valence-electron chi connectivity index (χ3n) is 6.12. The maximum atomic E-state index is 4.51. The zero-order chi connectivity index (χ0) is 25.1. The van der Waals surface area contributed by atoms with E-state index >= 15 is 0 Å². The number of pyridine rings is 2. The minimum atomic E-state index is -1.29. The smallest absolute Gasteiger partial charge is 0.0776 e. The molecule has 2 nitrogen and oxygen atoms in total. The molecule has 0 aliphatic rings. The SMILES string of the molecule is C[Si](C)(C)c1ccc2c(c1)sc1c(-c3ccccn3)[c-]ccc12.Cc1ccnc(-c2[c-]cccc2)c1.[Ir]. The molecular weight excluding hydrogens is 665 g/mol. The Hall–Kier alpha value is -2.95. The van der Waals surface area contributed by atoms with Gasteiger partial charge >= 0.3 is 0 Å². The summed E-state index contributed by atoms with van der Waals surface area (Å²) < 4.78 is 2.66. The molecule has 0 bridgehead atoms. The first kappa shape index (κ1) is 27.1. The van der Waals surface area contributed by atoms with Gasteiger partial charge in [0.05, 0.1) is 8.07 Å². The van der Waals surface area contributed by atoms with E-state index in [0.29, 0.717) is 0 Å². The summed E-state index contributed by atoms with van der Waals surface area (Å²) >= 11 is 1.86. The molecule has 0 aliphatic heterocycles. The quantitative estimate of drug-likeness (QED) is 0.138. The van der Waals surface area contributed by atoms with Crippen LogP contribution in [0.3, 0.4) is 0 Å². The Morgan fingerprint density at radius 1 is 0.730 bits per heavy atom. The number of hydrogen-bond acceptors (Lipinski definition) is 3. The summed E-state index contributed by atoms with van der Waals surface area (Å²) in [5.74, 6) is 0. The second kappa shape index (κ2) is 11.6. The Morgan fingerprint density at radius 2 is 1.54 bits per heavy atom. The summed E-state index contributed by atoms with van der Waals surface area (Å²) in [6.45, 7) is 9.26. The standard InChI is InChI=1S/C20H18NSSi.C12H10N.Ir/c1-23(2,3)14-10-11-15-16-7-6-8-17(18-9-4-5-12-21-18)20(16)22-19(15)13-14;1-10-7-8-13-12(9-10)11-5-3-2-4-6-11;/h4-7,9-13H,1-3H3;2-5,7-9H,1H3;/q2*-1;. The first-order valence-electron chi connectivity index (χ1n) is 12.1. The first-order chi connectivity index (χ1) is 17.4. The molecule has 3 aromatic heterocycles. The van der Waals surface area contributed by atoms with Crippen molar-refractivity contribution < 1.29 is 20.1 Å². The maximum Gasteiger partial charge on any atom is 0.0776 e. The second-order valence-corrected chi connectivity index (χ2v) is 16.0. The largest absolute Gasteiger partial charge is 0.305 e. The van der Waals surface area contributed by atoms with E-state index in [0.717, 1.165) is 22.5 Å². The van der Waals surface area contributed by atoms with E-state index in [1.165, 1.54) is 30.9 Å². The molecule has 3 heterocycles. The number of benzene rings is 3. The van der Waals surface area contributed by atoms with E-state index in [4.69, 9.17) is 0 Å². The summed E-state index contributed by atoms with van der Waals surface area (Å²) in [6, 6.07) is 35.7. The second-order valence-electron chi connectivity index (χ2n) is 9.87. The van der Waals surface area contributed by atoms with Gasteiger partial charge in [0.1, 0.15) is 0 Å². The van der Waals surface area contributed by atoms with Gasteiger partial charge in [0.15, 0.2) is 0 Å². The number of aromatic nitrogens is 2. The Morgan fingerprint density at radius 3 is 2.24 bits per heavy atom. The summed E-state index contributed by atoms with van der Waals surface area (Å²) in [4.78, 5) is 8.79. The van der Waals surface area contributed by atoms with E-state index in [1.807, 2.05) is 72.3 Å². The van der Waals surface area contributed by atoms with Gasteiger partial charge in [0, 0.05) is 37.2 Å². The van der Waals surface area contributed by atoms with Crippen molar-refractivity contribution in [2.75, 3.05) is 0 Å². The molecule has 0 atom stereocenters. The number of hydrogen-bond donors (Lipinski definition) is 0. The van der Waals surface area contributed by atoms with Gasteiger partial charge in [0.2, 0.25) is 0 Å². The average molecular weight is 693 g/mol. The molecule has 0 fully saturated rings. The van der Waals surface area contributed by atoms with Gasteiger partial charge in [-0.1, -0.05) is 66.1 Å². The van der Waals surface area contributed by atoms with Crippen molar-refractivity contribution in [2.24, 2.45) is 0 Å². The maximum absolute atomic E-state index is 4.51. The molecule has 5 heteroatoms. The van der Waals surface area contributed by atoms with Crippen LogP contribution < -0.4 is 5.19 Å². The van der Waals surface area contributed by atoms with Crippen LogP contribution in [-0.4, -0.2) is 18.0 Å². The van der Waals surface area contributed by atoms with Crippen molar-refractivity contribution in [3.05, 3.63) is 115 Å². The van der Waals surface area contributed by atoms with Crippen molar-refractivity contribution in [2.45, 2.75) is 26.6 Å². The minimum Gasteiger partial charge on any atom is -0.305 e. The molecule has 187 valence electrons. The van der Waals surface area contributed by atoms with Crippen LogP contribution >= 0.6 is 11.3 Å². The van der Waals surface area contributed by atoms with Gasteiger partial charge in [-0.25, -0.2) is 0 Å². The van der Waals surface area contributed by atoms with Crippen molar-refractivity contribution in [3.63, 3.8) is 0 Å². The fraction of sp³-hybridized carbons (Fsp3) is 0.125. The van der Waals surface area contributed by atoms with E-state index in [2.05, 4.69) is 85.1 Å².